The number of aryl methyl sites for hydroxylation is 1. The Labute approximate surface area is 127 Å². The topological polar surface area (TPSA) is 44.5 Å². The first-order valence-corrected chi connectivity index (χ1v) is 7.41. The molecule has 20 heavy (non-hydrogen) atoms. The standard InChI is InChI=1S/C16H25NO2S/c1-5-12-7-8-13(14(11-12)18-4)19-10-6-9-16(2,3)15(17)20/h7-8,11H,5-6,9-10H2,1-4H3,(H2,17,20). The molecule has 0 atom stereocenters. The summed E-state index contributed by atoms with van der Waals surface area (Å²) in [5.74, 6) is 1.58. The molecule has 0 spiro atoms. The molecule has 3 nitrogen and oxygen atoms in total. The third kappa shape index (κ3) is 4.67. The number of rotatable bonds is 8. The zero-order valence-corrected chi connectivity index (χ0v) is 13.7. The second-order valence-corrected chi connectivity index (χ2v) is 5.98. The van der Waals surface area contributed by atoms with E-state index in [1.807, 2.05) is 12.1 Å². The Bertz CT molecular complexity index is 458. The van der Waals surface area contributed by atoms with Gasteiger partial charge in [0.15, 0.2) is 11.5 Å². The van der Waals surface area contributed by atoms with Crippen LogP contribution in [0.15, 0.2) is 18.2 Å². The number of methoxy groups -OCH3 is 1. The highest BCUT2D eigenvalue weighted by atomic mass is 32.1. The average Bonchev–Trinajstić information content (AvgIpc) is 2.43. The van der Waals surface area contributed by atoms with Crippen LogP contribution in [0.2, 0.25) is 0 Å². The zero-order chi connectivity index (χ0) is 15.2. The fourth-order valence-electron chi connectivity index (χ4n) is 1.87. The molecule has 1 aromatic carbocycles. The van der Waals surface area contributed by atoms with Crippen LogP contribution in [0.4, 0.5) is 0 Å². The van der Waals surface area contributed by atoms with E-state index >= 15 is 0 Å². The molecule has 0 heterocycles. The van der Waals surface area contributed by atoms with Gasteiger partial charge in [-0.1, -0.05) is 39.1 Å². The Hall–Kier alpha value is -1.29. The minimum atomic E-state index is -0.116. The van der Waals surface area contributed by atoms with Crippen molar-refractivity contribution in [2.24, 2.45) is 11.1 Å². The third-order valence-corrected chi connectivity index (χ3v) is 4.06. The van der Waals surface area contributed by atoms with Gasteiger partial charge in [0.1, 0.15) is 0 Å². The minimum absolute atomic E-state index is 0.116. The Morgan fingerprint density at radius 2 is 2.00 bits per heavy atom. The molecule has 0 saturated heterocycles. The maximum Gasteiger partial charge on any atom is 0.161 e. The first kappa shape index (κ1) is 16.8. The molecule has 0 radical (unpaired) electrons. The fraction of sp³-hybridized carbons (Fsp3) is 0.562. The molecule has 0 saturated carbocycles. The molecule has 0 bridgehead atoms. The number of hydrogen-bond acceptors (Lipinski definition) is 3. The summed E-state index contributed by atoms with van der Waals surface area (Å²) in [4.78, 5) is 0.558. The molecule has 0 unspecified atom stereocenters. The first-order valence-electron chi connectivity index (χ1n) is 7.00. The SMILES string of the molecule is CCc1ccc(OCCCC(C)(C)C(N)=S)c(OC)c1. The predicted octanol–water partition coefficient (Wildman–Crippen LogP) is 3.73. The molecular formula is C16H25NO2S. The van der Waals surface area contributed by atoms with E-state index in [2.05, 4.69) is 26.8 Å². The molecule has 4 heteroatoms. The smallest absolute Gasteiger partial charge is 0.161 e. The fourth-order valence-corrected chi connectivity index (χ4v) is 1.97. The summed E-state index contributed by atoms with van der Waals surface area (Å²) in [7, 11) is 1.66. The Balaban J connectivity index is 2.52. The predicted molar refractivity (Wildman–Crippen MR) is 87.7 cm³/mol. The second-order valence-electron chi connectivity index (χ2n) is 5.54. The lowest BCUT2D eigenvalue weighted by Crippen LogP contribution is -2.30. The van der Waals surface area contributed by atoms with Crippen LogP contribution in [-0.2, 0) is 6.42 Å². The van der Waals surface area contributed by atoms with Crippen LogP contribution in [0.25, 0.3) is 0 Å². The van der Waals surface area contributed by atoms with E-state index in [1.54, 1.807) is 7.11 Å². The van der Waals surface area contributed by atoms with Crippen LogP contribution in [0, 0.1) is 5.41 Å². The molecule has 2 N–H and O–H groups in total. The molecule has 0 fully saturated rings. The lowest BCUT2D eigenvalue weighted by Gasteiger charge is -2.22. The van der Waals surface area contributed by atoms with Gasteiger partial charge in [-0.05, 0) is 37.0 Å². The quantitative estimate of drug-likeness (QED) is 0.586. The molecule has 1 aromatic rings. The molecule has 0 aliphatic heterocycles. The lowest BCUT2D eigenvalue weighted by atomic mass is 9.88. The number of ether oxygens (including phenoxy) is 2. The van der Waals surface area contributed by atoms with Crippen molar-refractivity contribution in [3.63, 3.8) is 0 Å². The molecule has 0 aliphatic rings. The Morgan fingerprint density at radius 1 is 1.30 bits per heavy atom. The maximum atomic E-state index is 5.79. The van der Waals surface area contributed by atoms with Gasteiger partial charge in [0.05, 0.1) is 18.7 Å². The summed E-state index contributed by atoms with van der Waals surface area (Å²) in [5, 5.41) is 0. The summed E-state index contributed by atoms with van der Waals surface area (Å²) < 4.78 is 11.2. The number of thiocarbonyl (C=S) groups is 1. The largest absolute Gasteiger partial charge is 0.493 e. The van der Waals surface area contributed by atoms with Crippen molar-refractivity contribution in [2.45, 2.75) is 40.0 Å². The summed E-state index contributed by atoms with van der Waals surface area (Å²) in [6.45, 7) is 6.87. The highest BCUT2D eigenvalue weighted by Gasteiger charge is 2.20. The van der Waals surface area contributed by atoms with Crippen molar-refractivity contribution in [1.82, 2.24) is 0 Å². The van der Waals surface area contributed by atoms with Gasteiger partial charge in [-0.25, -0.2) is 0 Å². The second kappa shape index (κ2) is 7.48. The van der Waals surface area contributed by atoms with Crippen LogP contribution in [0.3, 0.4) is 0 Å². The van der Waals surface area contributed by atoms with Crippen molar-refractivity contribution in [2.75, 3.05) is 13.7 Å². The van der Waals surface area contributed by atoms with Gasteiger partial charge < -0.3 is 15.2 Å². The third-order valence-electron chi connectivity index (χ3n) is 3.51. The van der Waals surface area contributed by atoms with Crippen LogP contribution < -0.4 is 15.2 Å². The van der Waals surface area contributed by atoms with Gasteiger partial charge in [0.25, 0.3) is 0 Å². The van der Waals surface area contributed by atoms with E-state index < -0.39 is 0 Å². The van der Waals surface area contributed by atoms with Crippen molar-refractivity contribution >= 4 is 17.2 Å². The summed E-state index contributed by atoms with van der Waals surface area (Å²) in [6, 6.07) is 6.06. The summed E-state index contributed by atoms with van der Waals surface area (Å²) in [6.07, 6.45) is 2.81. The first-order chi connectivity index (χ1) is 9.40. The van der Waals surface area contributed by atoms with Gasteiger partial charge in [0.2, 0.25) is 0 Å². The monoisotopic (exact) mass is 295 g/mol. The van der Waals surface area contributed by atoms with Crippen LogP contribution in [0.5, 0.6) is 11.5 Å². The highest BCUT2D eigenvalue weighted by molar-refractivity contribution is 7.80. The maximum absolute atomic E-state index is 5.79. The van der Waals surface area contributed by atoms with E-state index in [-0.39, 0.29) is 5.41 Å². The van der Waals surface area contributed by atoms with E-state index in [4.69, 9.17) is 27.4 Å². The molecule has 1 rings (SSSR count). The Kier molecular flexibility index (Phi) is 6.27. The molecule has 0 aliphatic carbocycles. The summed E-state index contributed by atoms with van der Waals surface area (Å²) in [5.41, 5.74) is 6.84. The minimum Gasteiger partial charge on any atom is -0.493 e. The van der Waals surface area contributed by atoms with Crippen molar-refractivity contribution in [1.29, 1.82) is 0 Å². The summed E-state index contributed by atoms with van der Waals surface area (Å²) >= 11 is 5.06. The van der Waals surface area contributed by atoms with Gasteiger partial charge in [-0.3, -0.25) is 0 Å². The van der Waals surface area contributed by atoms with E-state index in [9.17, 15) is 0 Å². The zero-order valence-electron chi connectivity index (χ0n) is 12.9. The van der Waals surface area contributed by atoms with Crippen molar-refractivity contribution in [3.8, 4) is 11.5 Å². The molecule has 0 aromatic heterocycles. The van der Waals surface area contributed by atoms with Crippen molar-refractivity contribution in [3.05, 3.63) is 23.8 Å². The number of nitrogens with two attached hydrogens (primary N) is 1. The Morgan fingerprint density at radius 3 is 2.55 bits per heavy atom. The van der Waals surface area contributed by atoms with Crippen LogP contribution in [-0.4, -0.2) is 18.7 Å². The van der Waals surface area contributed by atoms with E-state index in [0.717, 1.165) is 30.8 Å². The number of hydrogen-bond donors (Lipinski definition) is 1. The molecule has 0 amide bonds. The van der Waals surface area contributed by atoms with Gasteiger partial charge in [0, 0.05) is 5.41 Å². The van der Waals surface area contributed by atoms with E-state index in [0.29, 0.717) is 11.6 Å². The van der Waals surface area contributed by atoms with Crippen LogP contribution in [0.1, 0.15) is 39.2 Å². The van der Waals surface area contributed by atoms with Gasteiger partial charge >= 0.3 is 0 Å². The average molecular weight is 295 g/mol. The lowest BCUT2D eigenvalue weighted by molar-refractivity contribution is 0.272. The van der Waals surface area contributed by atoms with Crippen molar-refractivity contribution < 1.29 is 9.47 Å². The number of benzene rings is 1. The molecular weight excluding hydrogens is 270 g/mol. The van der Waals surface area contributed by atoms with E-state index in [1.165, 1.54) is 5.56 Å². The highest BCUT2D eigenvalue weighted by Crippen LogP contribution is 2.29. The van der Waals surface area contributed by atoms with Gasteiger partial charge in [-0.15, -0.1) is 0 Å². The molecule has 112 valence electrons. The van der Waals surface area contributed by atoms with Gasteiger partial charge in [-0.2, -0.15) is 0 Å². The normalized spacial score (nSPS) is 11.2. The van der Waals surface area contributed by atoms with Crippen LogP contribution >= 0.6 is 12.2 Å².